The lowest BCUT2D eigenvalue weighted by Crippen LogP contribution is -2.50. The number of hydrogen-bond acceptors (Lipinski definition) is 4. The van der Waals surface area contributed by atoms with E-state index in [1.807, 2.05) is 13.8 Å². The minimum absolute atomic E-state index is 0.138. The zero-order valence-corrected chi connectivity index (χ0v) is 17.9. The standard InChI is InChI=1S/C21H34FN5O2/c1-5-23-21(24-14-16(2)29-19-8-6-7-17(22)13-19)25-18-9-11-27(12-10-18)15-20(28)26(3)4/h6-8,13,16,18H,5,9-12,14-15H2,1-4H3,(H2,23,24,25). The summed E-state index contributed by atoms with van der Waals surface area (Å²) in [6, 6.07) is 6.45. The maximum atomic E-state index is 13.3. The summed E-state index contributed by atoms with van der Waals surface area (Å²) >= 11 is 0. The molecule has 0 aromatic heterocycles. The number of piperidine rings is 1. The second kappa shape index (κ2) is 11.6. The minimum atomic E-state index is -0.313. The number of carbonyl (C=O) groups is 1. The molecule has 0 spiro atoms. The first-order valence-electron chi connectivity index (χ1n) is 10.3. The Kier molecular flexibility index (Phi) is 9.18. The van der Waals surface area contributed by atoms with Crippen LogP contribution < -0.4 is 15.4 Å². The predicted octanol–water partition coefficient (Wildman–Crippen LogP) is 1.70. The van der Waals surface area contributed by atoms with Crippen molar-refractivity contribution in [2.45, 2.75) is 38.8 Å². The Morgan fingerprint density at radius 2 is 2.10 bits per heavy atom. The third kappa shape index (κ3) is 8.27. The fourth-order valence-electron chi connectivity index (χ4n) is 3.11. The number of amides is 1. The minimum Gasteiger partial charge on any atom is -0.489 e. The second-order valence-corrected chi connectivity index (χ2v) is 7.59. The third-order valence-corrected chi connectivity index (χ3v) is 4.77. The average molecular weight is 408 g/mol. The quantitative estimate of drug-likeness (QED) is 0.507. The molecule has 29 heavy (non-hydrogen) atoms. The van der Waals surface area contributed by atoms with Gasteiger partial charge in [-0.05, 0) is 38.8 Å². The van der Waals surface area contributed by atoms with E-state index in [2.05, 4.69) is 20.5 Å². The van der Waals surface area contributed by atoms with Crippen LogP contribution in [0.4, 0.5) is 4.39 Å². The second-order valence-electron chi connectivity index (χ2n) is 7.59. The molecule has 1 aliphatic rings. The van der Waals surface area contributed by atoms with Gasteiger partial charge in [-0.3, -0.25) is 9.69 Å². The highest BCUT2D eigenvalue weighted by molar-refractivity contribution is 5.80. The number of ether oxygens (including phenoxy) is 1. The highest BCUT2D eigenvalue weighted by atomic mass is 19.1. The van der Waals surface area contributed by atoms with Gasteiger partial charge < -0.3 is 20.3 Å². The van der Waals surface area contributed by atoms with E-state index in [0.29, 0.717) is 24.9 Å². The number of aliphatic imine (C=N–C) groups is 1. The summed E-state index contributed by atoms with van der Waals surface area (Å²) in [6.07, 6.45) is 1.74. The van der Waals surface area contributed by atoms with Crippen LogP contribution in [0.25, 0.3) is 0 Å². The first-order valence-corrected chi connectivity index (χ1v) is 10.3. The number of likely N-dealkylation sites (N-methyl/N-ethyl adjacent to an activating group) is 1. The van der Waals surface area contributed by atoms with Gasteiger partial charge in [-0.25, -0.2) is 9.38 Å². The predicted molar refractivity (Wildman–Crippen MR) is 114 cm³/mol. The Hall–Kier alpha value is -2.35. The van der Waals surface area contributed by atoms with E-state index in [1.165, 1.54) is 12.1 Å². The lowest BCUT2D eigenvalue weighted by molar-refractivity contribution is -0.130. The SMILES string of the molecule is CCNC(=NCC(C)Oc1cccc(F)c1)NC1CCN(CC(=O)N(C)C)CC1. The number of nitrogens with one attached hydrogen (secondary N) is 2. The summed E-state index contributed by atoms with van der Waals surface area (Å²) in [5, 5.41) is 6.75. The van der Waals surface area contributed by atoms with Gasteiger partial charge in [0, 0.05) is 45.8 Å². The molecule has 162 valence electrons. The van der Waals surface area contributed by atoms with Gasteiger partial charge >= 0.3 is 0 Å². The molecular formula is C21H34FN5O2. The lowest BCUT2D eigenvalue weighted by atomic mass is 10.1. The van der Waals surface area contributed by atoms with Gasteiger partial charge in [-0.15, -0.1) is 0 Å². The van der Waals surface area contributed by atoms with Crippen molar-refractivity contribution in [3.8, 4) is 5.75 Å². The normalized spacial score (nSPS) is 16.9. The molecular weight excluding hydrogens is 373 g/mol. The molecule has 1 aromatic carbocycles. The molecule has 1 unspecified atom stereocenters. The highest BCUT2D eigenvalue weighted by Crippen LogP contribution is 2.14. The van der Waals surface area contributed by atoms with E-state index in [0.717, 1.165) is 38.4 Å². The maximum absolute atomic E-state index is 13.3. The van der Waals surface area contributed by atoms with E-state index in [4.69, 9.17) is 4.74 Å². The molecule has 1 saturated heterocycles. The molecule has 8 heteroatoms. The zero-order valence-electron chi connectivity index (χ0n) is 17.9. The molecule has 1 amide bonds. The molecule has 1 aromatic rings. The van der Waals surface area contributed by atoms with Crippen molar-refractivity contribution in [1.82, 2.24) is 20.4 Å². The smallest absolute Gasteiger partial charge is 0.236 e. The Labute approximate surface area is 173 Å². The van der Waals surface area contributed by atoms with Crippen molar-refractivity contribution in [2.24, 2.45) is 4.99 Å². The average Bonchev–Trinajstić information content (AvgIpc) is 2.67. The first kappa shape index (κ1) is 22.9. The fourth-order valence-corrected chi connectivity index (χ4v) is 3.11. The van der Waals surface area contributed by atoms with Crippen molar-refractivity contribution < 1.29 is 13.9 Å². The van der Waals surface area contributed by atoms with E-state index in [9.17, 15) is 9.18 Å². The van der Waals surface area contributed by atoms with E-state index in [-0.39, 0.29) is 17.8 Å². The number of halogens is 1. The molecule has 2 rings (SSSR count). The monoisotopic (exact) mass is 407 g/mol. The number of rotatable bonds is 8. The van der Waals surface area contributed by atoms with Crippen molar-refractivity contribution in [3.63, 3.8) is 0 Å². The van der Waals surface area contributed by atoms with E-state index >= 15 is 0 Å². The molecule has 0 radical (unpaired) electrons. The highest BCUT2D eigenvalue weighted by Gasteiger charge is 2.22. The number of likely N-dealkylation sites (tertiary alicyclic amines) is 1. The van der Waals surface area contributed by atoms with Gasteiger partial charge in [0.25, 0.3) is 0 Å². The maximum Gasteiger partial charge on any atom is 0.236 e. The molecule has 1 atom stereocenters. The molecule has 1 heterocycles. The number of guanidine groups is 1. The number of benzene rings is 1. The zero-order chi connectivity index (χ0) is 21.2. The summed E-state index contributed by atoms with van der Waals surface area (Å²) in [6.45, 7) is 7.41. The number of carbonyl (C=O) groups excluding carboxylic acids is 1. The van der Waals surface area contributed by atoms with Gasteiger partial charge in [-0.2, -0.15) is 0 Å². The summed E-state index contributed by atoms with van der Waals surface area (Å²) in [5.41, 5.74) is 0. The molecule has 7 nitrogen and oxygen atoms in total. The van der Waals surface area contributed by atoms with E-state index < -0.39 is 0 Å². The lowest BCUT2D eigenvalue weighted by Gasteiger charge is -2.33. The summed E-state index contributed by atoms with van der Waals surface area (Å²) in [5.74, 6) is 1.08. The van der Waals surface area contributed by atoms with Crippen molar-refractivity contribution in [1.29, 1.82) is 0 Å². The van der Waals surface area contributed by atoms with Crippen LogP contribution in [-0.4, -0.2) is 80.6 Å². The number of hydrogen-bond donors (Lipinski definition) is 2. The molecule has 0 saturated carbocycles. The van der Waals surface area contributed by atoms with Crippen molar-refractivity contribution in [3.05, 3.63) is 30.1 Å². The van der Waals surface area contributed by atoms with Crippen molar-refractivity contribution in [2.75, 3.05) is 46.8 Å². The Morgan fingerprint density at radius 1 is 1.38 bits per heavy atom. The van der Waals surface area contributed by atoms with Gasteiger partial charge in [0.1, 0.15) is 17.7 Å². The Balaban J connectivity index is 1.81. The van der Waals surface area contributed by atoms with Gasteiger partial charge in [-0.1, -0.05) is 6.07 Å². The molecule has 1 aliphatic heterocycles. The van der Waals surface area contributed by atoms with Gasteiger partial charge in [0.05, 0.1) is 13.1 Å². The van der Waals surface area contributed by atoms with E-state index in [1.54, 1.807) is 31.1 Å². The molecule has 0 aliphatic carbocycles. The fraction of sp³-hybridized carbons (Fsp3) is 0.619. The molecule has 1 fully saturated rings. The molecule has 2 N–H and O–H groups in total. The van der Waals surface area contributed by atoms with Gasteiger partial charge in [0.15, 0.2) is 5.96 Å². The Morgan fingerprint density at radius 3 is 2.72 bits per heavy atom. The van der Waals surface area contributed by atoms with Crippen LogP contribution in [0.15, 0.2) is 29.3 Å². The summed E-state index contributed by atoms with van der Waals surface area (Å²) < 4.78 is 19.0. The summed E-state index contributed by atoms with van der Waals surface area (Å²) in [7, 11) is 3.57. The van der Waals surface area contributed by atoms with Crippen LogP contribution in [0.3, 0.4) is 0 Å². The topological polar surface area (TPSA) is 69.2 Å². The third-order valence-electron chi connectivity index (χ3n) is 4.77. The van der Waals surface area contributed by atoms with Crippen LogP contribution >= 0.6 is 0 Å². The van der Waals surface area contributed by atoms with Gasteiger partial charge in [0.2, 0.25) is 5.91 Å². The van der Waals surface area contributed by atoms with Crippen LogP contribution in [-0.2, 0) is 4.79 Å². The van der Waals surface area contributed by atoms with Crippen molar-refractivity contribution >= 4 is 11.9 Å². The summed E-state index contributed by atoms with van der Waals surface area (Å²) in [4.78, 5) is 20.3. The first-order chi connectivity index (χ1) is 13.9. The number of nitrogens with zero attached hydrogens (tertiary/aromatic N) is 3. The van der Waals surface area contributed by atoms with Crippen LogP contribution in [0.5, 0.6) is 5.75 Å². The molecule has 0 bridgehead atoms. The largest absolute Gasteiger partial charge is 0.489 e. The van der Waals surface area contributed by atoms with Crippen LogP contribution in [0, 0.1) is 5.82 Å². The van der Waals surface area contributed by atoms with Crippen LogP contribution in [0.1, 0.15) is 26.7 Å². The Bertz CT molecular complexity index is 675. The van der Waals surface area contributed by atoms with Crippen LogP contribution in [0.2, 0.25) is 0 Å².